The minimum Gasteiger partial charge on any atom is -0.748 e. The van der Waals surface area contributed by atoms with Gasteiger partial charge in [-0.05, 0) is 17.6 Å². The molecule has 0 bridgehead atoms. The van der Waals surface area contributed by atoms with Crippen LogP contribution in [0.5, 0.6) is 0 Å². The van der Waals surface area contributed by atoms with E-state index in [4.69, 9.17) is 14.2 Å². The standard InChI is InChI=1S/C15H25O6PS.Na/c1-19-7-8-20-9-10-21-11-12-22(13-14-23(16,17)18)15-5-3-2-4-6-15;/h2-6H,7-14H2,1H3,(H,16,17,18);/q;+1/p-1. The fraction of sp³-hybridized carbons (Fsp3) is 0.600. The zero-order chi connectivity index (χ0) is 17.0. The Hall–Kier alpha value is 0.440. The van der Waals surface area contributed by atoms with E-state index in [1.165, 1.54) is 0 Å². The van der Waals surface area contributed by atoms with Crippen molar-refractivity contribution in [2.45, 2.75) is 0 Å². The van der Waals surface area contributed by atoms with Crippen LogP contribution in [0.4, 0.5) is 0 Å². The van der Waals surface area contributed by atoms with Crippen LogP contribution in [-0.2, 0) is 24.3 Å². The molecule has 1 aromatic rings. The first kappa shape index (κ1) is 24.4. The summed E-state index contributed by atoms with van der Waals surface area (Å²) >= 11 is 0. The number of methoxy groups -OCH3 is 1. The van der Waals surface area contributed by atoms with E-state index in [2.05, 4.69) is 0 Å². The predicted molar refractivity (Wildman–Crippen MR) is 90.8 cm³/mol. The molecule has 0 aliphatic heterocycles. The van der Waals surface area contributed by atoms with Crippen molar-refractivity contribution in [2.75, 3.05) is 58.2 Å². The molecule has 1 atom stereocenters. The summed E-state index contributed by atoms with van der Waals surface area (Å²) in [5, 5.41) is 1.09. The Labute approximate surface area is 168 Å². The molecule has 0 fully saturated rings. The molecule has 0 saturated carbocycles. The molecule has 0 spiro atoms. The summed E-state index contributed by atoms with van der Waals surface area (Å²) in [7, 11) is -3.28. The average molecular weight is 386 g/mol. The fourth-order valence-electron chi connectivity index (χ4n) is 1.87. The average Bonchev–Trinajstić information content (AvgIpc) is 2.52. The number of rotatable bonds is 13. The van der Waals surface area contributed by atoms with Crippen LogP contribution in [0.2, 0.25) is 0 Å². The molecule has 24 heavy (non-hydrogen) atoms. The third-order valence-electron chi connectivity index (χ3n) is 3.04. The van der Waals surface area contributed by atoms with E-state index >= 15 is 0 Å². The Morgan fingerprint density at radius 1 is 0.958 bits per heavy atom. The van der Waals surface area contributed by atoms with Crippen LogP contribution < -0.4 is 34.9 Å². The second kappa shape index (κ2) is 14.6. The normalized spacial score (nSPS) is 12.6. The third kappa shape index (κ3) is 12.8. The van der Waals surface area contributed by atoms with Crippen molar-refractivity contribution in [3.05, 3.63) is 30.3 Å². The van der Waals surface area contributed by atoms with E-state index in [0.717, 1.165) is 11.5 Å². The fourth-order valence-corrected chi connectivity index (χ4v) is 5.33. The first-order chi connectivity index (χ1) is 11.0. The van der Waals surface area contributed by atoms with Gasteiger partial charge in [0.05, 0.1) is 43.2 Å². The molecule has 1 unspecified atom stereocenters. The van der Waals surface area contributed by atoms with Gasteiger partial charge in [0.2, 0.25) is 0 Å². The second-order valence-electron chi connectivity index (χ2n) is 4.80. The van der Waals surface area contributed by atoms with Crippen LogP contribution in [0.25, 0.3) is 0 Å². The van der Waals surface area contributed by atoms with Crippen molar-refractivity contribution >= 4 is 23.3 Å². The van der Waals surface area contributed by atoms with Crippen molar-refractivity contribution in [3.63, 3.8) is 0 Å². The van der Waals surface area contributed by atoms with Crippen molar-refractivity contribution < 1.29 is 56.7 Å². The first-order valence-corrected chi connectivity index (χ1v) is 10.7. The first-order valence-electron chi connectivity index (χ1n) is 7.41. The van der Waals surface area contributed by atoms with E-state index in [1.807, 2.05) is 30.3 Å². The van der Waals surface area contributed by atoms with Gasteiger partial charge in [0, 0.05) is 12.9 Å². The summed E-state index contributed by atoms with van der Waals surface area (Å²) in [4.78, 5) is 0. The summed E-state index contributed by atoms with van der Waals surface area (Å²) in [6.07, 6.45) is 1.10. The van der Waals surface area contributed by atoms with Gasteiger partial charge in [-0.2, -0.15) is 0 Å². The van der Waals surface area contributed by atoms with Gasteiger partial charge in [-0.1, -0.05) is 38.3 Å². The maximum absolute atomic E-state index is 10.9. The van der Waals surface area contributed by atoms with Gasteiger partial charge in [-0.25, -0.2) is 8.42 Å². The molecule has 0 heterocycles. The van der Waals surface area contributed by atoms with Gasteiger partial charge in [0.25, 0.3) is 0 Å². The third-order valence-corrected chi connectivity index (χ3v) is 6.56. The predicted octanol–water partition coefficient (Wildman–Crippen LogP) is -1.98. The van der Waals surface area contributed by atoms with E-state index in [9.17, 15) is 13.0 Å². The van der Waals surface area contributed by atoms with Crippen LogP contribution in [-0.4, -0.2) is 71.2 Å². The number of hydrogen-bond donors (Lipinski definition) is 0. The summed E-state index contributed by atoms with van der Waals surface area (Å²) < 4.78 is 48.3. The van der Waals surface area contributed by atoms with Crippen molar-refractivity contribution in [2.24, 2.45) is 0 Å². The Bertz CT molecular complexity index is 514. The van der Waals surface area contributed by atoms with Crippen LogP contribution in [0.15, 0.2) is 30.3 Å². The van der Waals surface area contributed by atoms with Crippen LogP contribution in [0, 0.1) is 0 Å². The minimum atomic E-state index is -4.18. The molecule has 132 valence electrons. The van der Waals surface area contributed by atoms with E-state index in [-0.39, 0.29) is 35.3 Å². The molecular formula is C15H24NaO6PS. The van der Waals surface area contributed by atoms with Crippen molar-refractivity contribution in [1.29, 1.82) is 0 Å². The molecule has 0 aromatic heterocycles. The Kier molecular flexibility index (Phi) is 14.9. The van der Waals surface area contributed by atoms with Gasteiger partial charge in [-0.15, -0.1) is 0 Å². The minimum absolute atomic E-state index is 0. The zero-order valence-electron chi connectivity index (χ0n) is 14.3. The maximum Gasteiger partial charge on any atom is 1.00 e. The molecule has 6 nitrogen and oxygen atoms in total. The summed E-state index contributed by atoms with van der Waals surface area (Å²) in [6, 6.07) is 9.69. The van der Waals surface area contributed by atoms with Crippen LogP contribution >= 0.6 is 7.92 Å². The molecule has 9 heteroatoms. The molecule has 0 radical (unpaired) electrons. The molecule has 1 rings (SSSR count). The summed E-state index contributed by atoms with van der Waals surface area (Å²) in [6.45, 7) is 2.61. The largest absolute Gasteiger partial charge is 1.00 e. The Balaban J connectivity index is 0.00000529. The van der Waals surface area contributed by atoms with Crippen LogP contribution in [0.1, 0.15) is 0 Å². The van der Waals surface area contributed by atoms with Gasteiger partial charge in [0.1, 0.15) is 0 Å². The maximum atomic E-state index is 10.9. The molecule has 0 aliphatic rings. The second-order valence-corrected chi connectivity index (χ2v) is 8.82. The smallest absolute Gasteiger partial charge is 0.748 e. The van der Waals surface area contributed by atoms with Crippen molar-refractivity contribution in [1.82, 2.24) is 0 Å². The molecule has 0 amide bonds. The zero-order valence-corrected chi connectivity index (χ0v) is 18.1. The summed E-state index contributed by atoms with van der Waals surface area (Å²) in [5.41, 5.74) is 0. The van der Waals surface area contributed by atoms with E-state index < -0.39 is 18.0 Å². The van der Waals surface area contributed by atoms with Gasteiger partial charge >= 0.3 is 29.6 Å². The number of ether oxygens (including phenoxy) is 3. The Morgan fingerprint density at radius 2 is 1.54 bits per heavy atom. The topological polar surface area (TPSA) is 84.9 Å². The number of benzene rings is 1. The van der Waals surface area contributed by atoms with Gasteiger partial charge < -0.3 is 18.8 Å². The van der Waals surface area contributed by atoms with Gasteiger partial charge in [-0.3, -0.25) is 0 Å². The van der Waals surface area contributed by atoms with Gasteiger partial charge in [0.15, 0.2) is 0 Å². The molecule has 0 aliphatic carbocycles. The molecule has 1 aromatic carbocycles. The van der Waals surface area contributed by atoms with E-state index in [1.54, 1.807) is 7.11 Å². The quantitative estimate of drug-likeness (QED) is 0.169. The SMILES string of the molecule is COCCOCCOCCP(CCS(=O)(=O)[O-])c1ccccc1.[Na+]. The molecule has 0 saturated heterocycles. The Morgan fingerprint density at radius 3 is 2.12 bits per heavy atom. The number of hydrogen-bond acceptors (Lipinski definition) is 6. The van der Waals surface area contributed by atoms with Crippen molar-refractivity contribution in [3.8, 4) is 0 Å². The molecule has 0 N–H and O–H groups in total. The summed E-state index contributed by atoms with van der Waals surface area (Å²) in [5.74, 6) is -0.326. The van der Waals surface area contributed by atoms with Crippen LogP contribution in [0.3, 0.4) is 0 Å². The van der Waals surface area contributed by atoms with E-state index in [0.29, 0.717) is 39.2 Å². The monoisotopic (exact) mass is 386 g/mol. The molecular weight excluding hydrogens is 362 g/mol.